The Kier molecular flexibility index (Phi) is 47.5. The van der Waals surface area contributed by atoms with E-state index in [1.807, 2.05) is 0 Å². The number of esters is 3. The van der Waals surface area contributed by atoms with Gasteiger partial charge in [-0.2, -0.15) is 0 Å². The van der Waals surface area contributed by atoms with E-state index in [1.54, 1.807) is 0 Å². The summed E-state index contributed by atoms with van der Waals surface area (Å²) in [5.74, 6) is -1.23. The van der Waals surface area contributed by atoms with Crippen LogP contribution in [0.15, 0.2) is 0 Å². The van der Waals surface area contributed by atoms with Crippen molar-refractivity contribution in [2.45, 2.75) is 315 Å². The Morgan fingerprint density at radius 2 is 0.597 bits per heavy atom. The monoisotopic (exact) mass is 881 g/mol. The molecule has 8 heteroatoms. The zero-order chi connectivity index (χ0) is 45.4. The molecule has 3 unspecified atom stereocenters. The van der Waals surface area contributed by atoms with Crippen molar-refractivity contribution < 1.29 is 38.8 Å². The normalized spacial score (nSPS) is 12.9. The minimum Gasteiger partial charge on any atom is -0.462 e. The van der Waals surface area contributed by atoms with Gasteiger partial charge in [0.25, 0.3) is 0 Å². The summed E-state index contributed by atoms with van der Waals surface area (Å²) in [6.45, 7) is 5.99. The molecule has 0 aromatic heterocycles. The quantitative estimate of drug-likeness (QED) is 0.0352. The van der Waals surface area contributed by atoms with E-state index in [-0.39, 0.29) is 38.3 Å². The SMILES string of the molecule is CCCCCCCCCCCCCCCC(=O)OCC(OC(=O)CCCCCCCCCCCCCCC)C(CC(O)CO)OC(=O)CCCCCCCCCCCCCCC. The molecule has 0 aromatic carbocycles. The second kappa shape index (κ2) is 48.8. The fourth-order valence-corrected chi connectivity index (χ4v) is 8.40. The summed E-state index contributed by atoms with van der Waals surface area (Å²) in [6, 6.07) is 0. The molecule has 0 radical (unpaired) electrons. The van der Waals surface area contributed by atoms with Gasteiger partial charge in [0.05, 0.1) is 12.7 Å². The third-order valence-electron chi connectivity index (χ3n) is 12.6. The van der Waals surface area contributed by atoms with Crippen LogP contribution in [0.3, 0.4) is 0 Å². The molecule has 0 rings (SSSR count). The molecule has 0 fully saturated rings. The van der Waals surface area contributed by atoms with E-state index in [9.17, 15) is 24.6 Å². The van der Waals surface area contributed by atoms with Crippen molar-refractivity contribution >= 4 is 17.9 Å². The van der Waals surface area contributed by atoms with Gasteiger partial charge in [-0.25, -0.2) is 0 Å². The van der Waals surface area contributed by atoms with Crippen molar-refractivity contribution in [1.82, 2.24) is 0 Å². The van der Waals surface area contributed by atoms with Crippen molar-refractivity contribution in [3.05, 3.63) is 0 Å². The zero-order valence-corrected chi connectivity index (χ0v) is 41.4. The Hall–Kier alpha value is -1.67. The minimum absolute atomic E-state index is 0.117. The maximum Gasteiger partial charge on any atom is 0.306 e. The van der Waals surface area contributed by atoms with Crippen LogP contribution >= 0.6 is 0 Å². The van der Waals surface area contributed by atoms with Gasteiger partial charge in [-0.1, -0.05) is 252 Å². The third kappa shape index (κ3) is 43.6. The predicted molar refractivity (Wildman–Crippen MR) is 259 cm³/mol. The largest absolute Gasteiger partial charge is 0.462 e. The van der Waals surface area contributed by atoms with Gasteiger partial charge in [-0.15, -0.1) is 0 Å². The summed E-state index contributed by atoms with van der Waals surface area (Å²) >= 11 is 0. The van der Waals surface area contributed by atoms with Gasteiger partial charge in [0.15, 0.2) is 6.10 Å². The maximum absolute atomic E-state index is 13.1. The van der Waals surface area contributed by atoms with Crippen LogP contribution in [-0.2, 0) is 28.6 Å². The van der Waals surface area contributed by atoms with Crippen LogP contribution in [0.25, 0.3) is 0 Å². The van der Waals surface area contributed by atoms with Crippen molar-refractivity contribution in [1.29, 1.82) is 0 Å². The van der Waals surface area contributed by atoms with E-state index in [1.165, 1.54) is 186 Å². The van der Waals surface area contributed by atoms with E-state index in [2.05, 4.69) is 20.8 Å². The molecule has 368 valence electrons. The Morgan fingerprint density at radius 3 is 0.871 bits per heavy atom. The Labute approximate surface area is 383 Å². The number of aliphatic hydroxyl groups excluding tert-OH is 2. The molecule has 62 heavy (non-hydrogen) atoms. The molecule has 0 amide bonds. The number of carbonyl (C=O) groups is 3. The number of carbonyl (C=O) groups excluding carboxylic acids is 3. The first-order valence-electron chi connectivity index (χ1n) is 27.2. The Balaban J connectivity index is 4.88. The zero-order valence-electron chi connectivity index (χ0n) is 41.4. The average Bonchev–Trinajstić information content (AvgIpc) is 3.26. The van der Waals surface area contributed by atoms with Crippen molar-refractivity contribution in [2.24, 2.45) is 0 Å². The van der Waals surface area contributed by atoms with Gasteiger partial charge in [-0.3, -0.25) is 14.4 Å². The minimum atomic E-state index is -1.17. The summed E-state index contributed by atoms with van der Waals surface area (Å²) in [5.41, 5.74) is 0. The van der Waals surface area contributed by atoms with Crippen LogP contribution in [0.1, 0.15) is 297 Å². The van der Waals surface area contributed by atoms with Crippen LogP contribution in [0.4, 0.5) is 0 Å². The Morgan fingerprint density at radius 1 is 0.355 bits per heavy atom. The summed E-state index contributed by atoms with van der Waals surface area (Å²) < 4.78 is 17.4. The average molecular weight is 881 g/mol. The maximum atomic E-state index is 13.1. The first-order valence-corrected chi connectivity index (χ1v) is 27.2. The summed E-state index contributed by atoms with van der Waals surface area (Å²) in [6.07, 6.45) is 44.7. The molecule has 0 aliphatic heterocycles. The van der Waals surface area contributed by atoms with Gasteiger partial charge < -0.3 is 24.4 Å². The molecule has 0 aliphatic rings. The Bertz CT molecular complexity index is 957. The van der Waals surface area contributed by atoms with Crippen molar-refractivity contribution in [3.63, 3.8) is 0 Å². The lowest BCUT2D eigenvalue weighted by atomic mass is 10.0. The third-order valence-corrected chi connectivity index (χ3v) is 12.6. The molecule has 0 aromatic rings. The summed E-state index contributed by atoms with van der Waals surface area (Å²) in [4.78, 5) is 39.1. The topological polar surface area (TPSA) is 119 Å². The smallest absolute Gasteiger partial charge is 0.306 e. The summed E-state index contributed by atoms with van der Waals surface area (Å²) in [5, 5.41) is 20.1. The van der Waals surface area contributed by atoms with E-state index >= 15 is 0 Å². The highest BCUT2D eigenvalue weighted by molar-refractivity contribution is 5.71. The van der Waals surface area contributed by atoms with Crippen molar-refractivity contribution in [3.8, 4) is 0 Å². The number of unbranched alkanes of at least 4 members (excludes halogenated alkanes) is 36. The summed E-state index contributed by atoms with van der Waals surface area (Å²) in [7, 11) is 0. The molecule has 0 saturated heterocycles. The molecule has 0 aliphatic carbocycles. The van der Waals surface area contributed by atoms with Gasteiger partial charge in [-0.05, 0) is 19.3 Å². The highest BCUT2D eigenvalue weighted by Crippen LogP contribution is 2.20. The van der Waals surface area contributed by atoms with Gasteiger partial charge in [0.2, 0.25) is 0 Å². The molecule has 0 heterocycles. The standard InChI is InChI=1S/C54H104O8/c1-4-7-10-13-16-19-22-25-28-31-34-37-40-43-52(57)60-48-51(62-54(59)45-42-39-36-33-30-27-24-21-18-15-12-9-6-3)50(46-49(56)47-55)61-53(58)44-41-38-35-32-29-26-23-20-17-14-11-8-5-2/h49-51,55-56H,4-48H2,1-3H3. The molecule has 0 bridgehead atoms. The molecule has 2 N–H and O–H groups in total. The lowest BCUT2D eigenvalue weighted by Crippen LogP contribution is -2.41. The number of hydrogen-bond donors (Lipinski definition) is 2. The first-order chi connectivity index (χ1) is 30.4. The fourth-order valence-electron chi connectivity index (χ4n) is 8.40. The molecule has 8 nitrogen and oxygen atoms in total. The van der Waals surface area contributed by atoms with Gasteiger partial charge >= 0.3 is 17.9 Å². The van der Waals surface area contributed by atoms with Crippen LogP contribution in [0.5, 0.6) is 0 Å². The second-order valence-corrected chi connectivity index (χ2v) is 18.8. The number of hydrogen-bond acceptors (Lipinski definition) is 8. The van der Waals surface area contributed by atoms with E-state index in [0.29, 0.717) is 12.8 Å². The predicted octanol–water partition coefficient (Wildman–Crippen LogP) is 15.5. The molecular formula is C54H104O8. The number of rotatable bonds is 50. The van der Waals surface area contributed by atoms with Gasteiger partial charge in [0, 0.05) is 25.7 Å². The second-order valence-electron chi connectivity index (χ2n) is 18.8. The first kappa shape index (κ1) is 60.3. The lowest BCUT2D eigenvalue weighted by molar-refractivity contribution is -0.178. The van der Waals surface area contributed by atoms with E-state index in [4.69, 9.17) is 14.2 Å². The van der Waals surface area contributed by atoms with Crippen molar-refractivity contribution in [2.75, 3.05) is 13.2 Å². The van der Waals surface area contributed by atoms with Gasteiger partial charge in [0.1, 0.15) is 12.7 Å². The molecule has 0 spiro atoms. The van der Waals surface area contributed by atoms with E-state index in [0.717, 1.165) is 51.4 Å². The lowest BCUT2D eigenvalue weighted by Gasteiger charge is -2.28. The highest BCUT2D eigenvalue weighted by Gasteiger charge is 2.32. The van der Waals surface area contributed by atoms with E-state index < -0.39 is 36.9 Å². The molecule has 0 saturated carbocycles. The van der Waals surface area contributed by atoms with Crippen LogP contribution in [0.2, 0.25) is 0 Å². The number of ether oxygens (including phenoxy) is 3. The van der Waals surface area contributed by atoms with Crippen LogP contribution < -0.4 is 0 Å². The fraction of sp³-hybridized carbons (Fsp3) is 0.944. The molecular weight excluding hydrogens is 777 g/mol. The molecule has 3 atom stereocenters. The van der Waals surface area contributed by atoms with Crippen LogP contribution in [-0.4, -0.2) is 59.6 Å². The number of aliphatic hydroxyl groups is 2. The van der Waals surface area contributed by atoms with Crippen LogP contribution in [0, 0.1) is 0 Å². The highest BCUT2D eigenvalue weighted by atomic mass is 16.6.